The average Bonchev–Trinajstić information content (AvgIpc) is 2.91. The Morgan fingerprint density at radius 3 is 2.41 bits per heavy atom. The highest BCUT2D eigenvalue weighted by Gasteiger charge is 2.28. The molecule has 1 aliphatic heterocycles. The fourth-order valence-electron chi connectivity index (χ4n) is 2.28. The first kappa shape index (κ1) is 12.5. The van der Waals surface area contributed by atoms with Gasteiger partial charge in [-0.15, -0.1) is 0 Å². The Bertz CT molecular complexity index is 373. The van der Waals surface area contributed by atoms with Crippen LogP contribution < -0.4 is 0 Å². The number of hydrogen-bond acceptors (Lipinski definition) is 2. The minimum atomic E-state index is -0.226. The molecule has 1 aromatic rings. The second-order valence-electron chi connectivity index (χ2n) is 4.68. The number of amides is 1. The van der Waals surface area contributed by atoms with Crippen LogP contribution in [0.15, 0.2) is 30.3 Å². The summed E-state index contributed by atoms with van der Waals surface area (Å²) < 4.78 is 0. The van der Waals surface area contributed by atoms with Gasteiger partial charge in [0.25, 0.3) is 0 Å². The van der Waals surface area contributed by atoms with Crippen LogP contribution in [0.25, 0.3) is 0 Å². The largest absolute Gasteiger partial charge is 0.342 e. The van der Waals surface area contributed by atoms with E-state index < -0.39 is 0 Å². The van der Waals surface area contributed by atoms with Gasteiger partial charge in [0.1, 0.15) is 0 Å². The summed E-state index contributed by atoms with van der Waals surface area (Å²) >= 11 is 4.52. The molecule has 0 aromatic heterocycles. The van der Waals surface area contributed by atoms with Gasteiger partial charge in [-0.25, -0.2) is 0 Å². The Morgan fingerprint density at radius 1 is 1.24 bits per heavy atom. The molecule has 2 nitrogen and oxygen atoms in total. The number of benzene rings is 1. The van der Waals surface area contributed by atoms with Crippen LogP contribution in [0.1, 0.15) is 31.2 Å². The van der Waals surface area contributed by atoms with Crippen LogP contribution in [-0.2, 0) is 4.79 Å². The molecule has 1 aliphatic rings. The highest BCUT2D eigenvalue weighted by molar-refractivity contribution is 7.81. The van der Waals surface area contributed by atoms with Gasteiger partial charge in [0, 0.05) is 19.0 Å². The molecule has 1 aromatic carbocycles. The van der Waals surface area contributed by atoms with Gasteiger partial charge in [0.05, 0.1) is 5.25 Å². The van der Waals surface area contributed by atoms with E-state index in [0.29, 0.717) is 0 Å². The van der Waals surface area contributed by atoms with Crippen molar-refractivity contribution in [1.29, 1.82) is 0 Å². The van der Waals surface area contributed by atoms with E-state index in [0.717, 1.165) is 25.9 Å². The number of nitrogens with zero attached hydrogens (tertiary/aromatic N) is 1. The Kier molecular flexibility index (Phi) is 4.11. The monoisotopic (exact) mass is 249 g/mol. The Labute approximate surface area is 108 Å². The first-order chi connectivity index (χ1) is 8.20. The number of likely N-dealkylation sites (tertiary alicyclic amines) is 1. The molecule has 1 heterocycles. The summed E-state index contributed by atoms with van der Waals surface area (Å²) in [6, 6.07) is 10.1. The van der Waals surface area contributed by atoms with Crippen molar-refractivity contribution in [3.05, 3.63) is 35.9 Å². The molecule has 0 spiro atoms. The zero-order chi connectivity index (χ0) is 12.3. The lowest BCUT2D eigenvalue weighted by atomic mass is 9.97. The van der Waals surface area contributed by atoms with E-state index in [-0.39, 0.29) is 17.1 Å². The van der Waals surface area contributed by atoms with Crippen molar-refractivity contribution >= 4 is 18.5 Å². The summed E-state index contributed by atoms with van der Waals surface area (Å²) in [6.07, 6.45) is 2.26. The van der Waals surface area contributed by atoms with Crippen LogP contribution in [0.2, 0.25) is 0 Å². The third-order valence-electron chi connectivity index (χ3n) is 3.47. The maximum absolute atomic E-state index is 12.2. The van der Waals surface area contributed by atoms with Crippen LogP contribution in [0, 0.1) is 0 Å². The maximum Gasteiger partial charge on any atom is 0.236 e. The smallest absolute Gasteiger partial charge is 0.236 e. The van der Waals surface area contributed by atoms with Crippen molar-refractivity contribution in [2.24, 2.45) is 0 Å². The molecule has 0 radical (unpaired) electrons. The maximum atomic E-state index is 12.2. The molecule has 2 unspecified atom stereocenters. The highest BCUT2D eigenvalue weighted by Crippen LogP contribution is 2.25. The molecule has 0 saturated carbocycles. The lowest BCUT2D eigenvalue weighted by Crippen LogP contribution is -2.36. The minimum absolute atomic E-state index is 0.160. The lowest BCUT2D eigenvalue weighted by molar-refractivity contribution is -0.129. The van der Waals surface area contributed by atoms with Crippen LogP contribution in [0.4, 0.5) is 0 Å². The first-order valence-corrected chi connectivity index (χ1v) is 6.73. The molecule has 0 aliphatic carbocycles. The third kappa shape index (κ3) is 2.83. The Hall–Kier alpha value is -0.960. The minimum Gasteiger partial charge on any atom is -0.342 e. The molecule has 1 amide bonds. The quantitative estimate of drug-likeness (QED) is 0.817. The normalized spacial score (nSPS) is 19.1. The van der Waals surface area contributed by atoms with Crippen LogP contribution >= 0.6 is 12.6 Å². The summed E-state index contributed by atoms with van der Waals surface area (Å²) in [4.78, 5) is 14.2. The molecule has 92 valence electrons. The second kappa shape index (κ2) is 5.58. The van der Waals surface area contributed by atoms with Gasteiger partial charge in [0.15, 0.2) is 0 Å². The van der Waals surface area contributed by atoms with Crippen molar-refractivity contribution < 1.29 is 4.79 Å². The van der Waals surface area contributed by atoms with E-state index in [1.54, 1.807) is 0 Å². The molecular weight excluding hydrogens is 230 g/mol. The van der Waals surface area contributed by atoms with Crippen molar-refractivity contribution in [1.82, 2.24) is 4.90 Å². The molecule has 3 heteroatoms. The summed E-state index contributed by atoms with van der Waals surface area (Å²) in [5.41, 5.74) is 1.18. The van der Waals surface area contributed by atoms with E-state index in [1.807, 2.05) is 23.1 Å². The van der Waals surface area contributed by atoms with Crippen LogP contribution in [0.5, 0.6) is 0 Å². The average molecular weight is 249 g/mol. The van der Waals surface area contributed by atoms with Gasteiger partial charge in [0.2, 0.25) is 5.91 Å². The lowest BCUT2D eigenvalue weighted by Gasteiger charge is -2.24. The van der Waals surface area contributed by atoms with E-state index >= 15 is 0 Å². The molecule has 0 N–H and O–H groups in total. The molecule has 2 rings (SSSR count). The van der Waals surface area contributed by atoms with E-state index in [2.05, 4.69) is 31.7 Å². The van der Waals surface area contributed by atoms with E-state index in [4.69, 9.17) is 0 Å². The summed E-state index contributed by atoms with van der Waals surface area (Å²) in [5.74, 6) is 0.342. The van der Waals surface area contributed by atoms with E-state index in [9.17, 15) is 4.79 Å². The zero-order valence-corrected chi connectivity index (χ0v) is 11.1. The molecule has 17 heavy (non-hydrogen) atoms. The molecular formula is C14H19NOS. The second-order valence-corrected chi connectivity index (χ2v) is 5.23. The van der Waals surface area contributed by atoms with Crippen LogP contribution in [0.3, 0.4) is 0 Å². The number of rotatable bonds is 3. The van der Waals surface area contributed by atoms with Crippen molar-refractivity contribution in [2.75, 3.05) is 13.1 Å². The molecule has 1 fully saturated rings. The summed E-state index contributed by atoms with van der Waals surface area (Å²) in [5, 5.41) is -0.226. The van der Waals surface area contributed by atoms with Gasteiger partial charge in [-0.1, -0.05) is 37.3 Å². The molecule has 0 bridgehead atoms. The van der Waals surface area contributed by atoms with Gasteiger partial charge < -0.3 is 4.90 Å². The number of thiol groups is 1. The van der Waals surface area contributed by atoms with Crippen molar-refractivity contribution in [3.8, 4) is 0 Å². The van der Waals surface area contributed by atoms with Gasteiger partial charge in [-0.2, -0.15) is 12.6 Å². The fourth-order valence-corrected chi connectivity index (χ4v) is 2.61. The van der Waals surface area contributed by atoms with Crippen molar-refractivity contribution in [2.45, 2.75) is 30.9 Å². The van der Waals surface area contributed by atoms with E-state index in [1.165, 1.54) is 5.56 Å². The number of carbonyl (C=O) groups is 1. The first-order valence-electron chi connectivity index (χ1n) is 6.22. The van der Waals surface area contributed by atoms with Crippen LogP contribution in [-0.4, -0.2) is 29.1 Å². The molecule has 1 saturated heterocycles. The Morgan fingerprint density at radius 2 is 1.82 bits per heavy atom. The zero-order valence-electron chi connectivity index (χ0n) is 10.2. The third-order valence-corrected chi connectivity index (χ3v) is 4.14. The SMILES string of the molecule is CC(c1ccccc1)C(S)C(=O)N1CCCC1. The van der Waals surface area contributed by atoms with Gasteiger partial charge >= 0.3 is 0 Å². The topological polar surface area (TPSA) is 20.3 Å². The molecule has 2 atom stereocenters. The van der Waals surface area contributed by atoms with Gasteiger partial charge in [-0.3, -0.25) is 4.79 Å². The number of hydrogen-bond donors (Lipinski definition) is 1. The van der Waals surface area contributed by atoms with Gasteiger partial charge in [-0.05, 0) is 18.4 Å². The summed E-state index contributed by atoms with van der Waals surface area (Å²) in [7, 11) is 0. The fraction of sp³-hybridized carbons (Fsp3) is 0.500. The predicted molar refractivity (Wildman–Crippen MR) is 73.4 cm³/mol. The van der Waals surface area contributed by atoms with Crippen molar-refractivity contribution in [3.63, 3.8) is 0 Å². The highest BCUT2D eigenvalue weighted by atomic mass is 32.1. The predicted octanol–water partition coefficient (Wildman–Crippen LogP) is 2.71. The number of carbonyl (C=O) groups excluding carboxylic acids is 1. The standard InChI is InChI=1S/C14H19NOS/c1-11(12-7-3-2-4-8-12)13(17)14(16)15-9-5-6-10-15/h2-4,7-8,11,13,17H,5-6,9-10H2,1H3. The summed E-state index contributed by atoms with van der Waals surface area (Å²) in [6.45, 7) is 3.87. The Balaban J connectivity index is 2.04.